The SMILES string of the molecule is NC(N)=NCCNC(=O)c1cc2cc(NC(=O)c3cc4cc(N)ccc4[nH]3)ccc2[nH]1. The lowest BCUT2D eigenvalue weighted by Gasteiger charge is -2.03. The van der Waals surface area contributed by atoms with Crippen LogP contribution in [0.15, 0.2) is 53.5 Å². The van der Waals surface area contributed by atoms with E-state index in [1.54, 1.807) is 42.5 Å². The molecule has 0 atom stereocenters. The molecule has 0 aliphatic carbocycles. The van der Waals surface area contributed by atoms with Gasteiger partial charge in [-0.3, -0.25) is 14.6 Å². The number of aliphatic imine (C=N–C) groups is 1. The standard InChI is InChI=1S/C21H22N8O2/c22-13-1-3-15-11(7-13)9-18(29-15)20(31)27-14-2-4-16-12(8-14)10-17(28-16)19(30)25-5-6-26-21(23)24/h1-4,7-10,28-29H,5-6,22H2,(H,25,30)(H,27,31)(H4,23,24,26). The Labute approximate surface area is 176 Å². The number of nitrogen functional groups attached to an aromatic ring is 1. The first kappa shape index (κ1) is 19.8. The molecule has 2 aromatic heterocycles. The molecule has 31 heavy (non-hydrogen) atoms. The van der Waals surface area contributed by atoms with Crippen LogP contribution in [0.3, 0.4) is 0 Å². The van der Waals surface area contributed by atoms with Crippen LogP contribution >= 0.6 is 0 Å². The molecular formula is C21H22N8O2. The third-order valence-corrected chi connectivity index (χ3v) is 4.70. The molecule has 0 unspecified atom stereocenters. The van der Waals surface area contributed by atoms with Crippen LogP contribution in [0.2, 0.25) is 0 Å². The van der Waals surface area contributed by atoms with Crippen molar-refractivity contribution in [1.29, 1.82) is 0 Å². The number of guanidine groups is 1. The van der Waals surface area contributed by atoms with Crippen molar-refractivity contribution in [2.24, 2.45) is 16.5 Å². The van der Waals surface area contributed by atoms with E-state index in [-0.39, 0.29) is 17.8 Å². The van der Waals surface area contributed by atoms with Crippen LogP contribution in [-0.4, -0.2) is 40.8 Å². The summed E-state index contributed by atoms with van der Waals surface area (Å²) in [6, 6.07) is 14.2. The van der Waals surface area contributed by atoms with E-state index in [2.05, 4.69) is 25.6 Å². The minimum atomic E-state index is -0.276. The average Bonchev–Trinajstić information content (AvgIpc) is 3.34. The Bertz CT molecular complexity index is 1310. The third kappa shape index (κ3) is 4.42. The number of hydrogen-bond donors (Lipinski definition) is 7. The molecule has 0 aliphatic heterocycles. The number of aromatic amines is 2. The Morgan fingerprint density at radius 3 is 2.23 bits per heavy atom. The second kappa shape index (κ2) is 8.11. The Morgan fingerprint density at radius 2 is 1.52 bits per heavy atom. The van der Waals surface area contributed by atoms with Crippen molar-refractivity contribution in [3.63, 3.8) is 0 Å². The zero-order chi connectivity index (χ0) is 22.0. The van der Waals surface area contributed by atoms with Gasteiger partial charge in [-0.15, -0.1) is 0 Å². The van der Waals surface area contributed by atoms with Gasteiger partial charge in [0.1, 0.15) is 11.4 Å². The summed E-state index contributed by atoms with van der Waals surface area (Å²) in [5, 5.41) is 7.24. The number of anilines is 2. The number of nitrogens with two attached hydrogens (primary N) is 3. The van der Waals surface area contributed by atoms with Crippen molar-refractivity contribution in [3.05, 3.63) is 59.9 Å². The van der Waals surface area contributed by atoms with Gasteiger partial charge in [0, 0.05) is 39.7 Å². The van der Waals surface area contributed by atoms with Crippen molar-refractivity contribution < 1.29 is 9.59 Å². The first-order chi connectivity index (χ1) is 14.9. The third-order valence-electron chi connectivity index (χ3n) is 4.70. The summed E-state index contributed by atoms with van der Waals surface area (Å²) >= 11 is 0. The number of fused-ring (bicyclic) bond motifs is 2. The van der Waals surface area contributed by atoms with Crippen LogP contribution in [0.25, 0.3) is 21.8 Å². The number of hydrogen-bond acceptors (Lipinski definition) is 4. The van der Waals surface area contributed by atoms with E-state index in [1.165, 1.54) is 0 Å². The summed E-state index contributed by atoms with van der Waals surface area (Å²) in [7, 11) is 0. The number of carbonyl (C=O) groups is 2. The van der Waals surface area contributed by atoms with Gasteiger partial charge in [0.2, 0.25) is 0 Å². The van der Waals surface area contributed by atoms with Gasteiger partial charge in [-0.05, 0) is 48.5 Å². The highest BCUT2D eigenvalue weighted by Gasteiger charge is 2.12. The van der Waals surface area contributed by atoms with Gasteiger partial charge >= 0.3 is 0 Å². The highest BCUT2D eigenvalue weighted by Crippen LogP contribution is 2.22. The first-order valence-electron chi connectivity index (χ1n) is 9.55. The van der Waals surface area contributed by atoms with Crippen molar-refractivity contribution in [2.45, 2.75) is 0 Å². The number of carbonyl (C=O) groups excluding carboxylic acids is 2. The molecule has 0 fully saturated rings. The molecule has 0 spiro atoms. The van der Waals surface area contributed by atoms with Crippen LogP contribution in [0.1, 0.15) is 21.0 Å². The van der Waals surface area contributed by atoms with Gasteiger partial charge in [-0.2, -0.15) is 0 Å². The molecule has 2 heterocycles. The number of aromatic nitrogens is 2. The molecule has 10 N–H and O–H groups in total. The number of nitrogens with one attached hydrogen (secondary N) is 4. The number of amides is 2. The summed E-state index contributed by atoms with van der Waals surface area (Å²) in [6.07, 6.45) is 0. The second-order valence-electron chi connectivity index (χ2n) is 7.03. The van der Waals surface area contributed by atoms with Gasteiger partial charge in [-0.25, -0.2) is 0 Å². The molecule has 10 nitrogen and oxygen atoms in total. The molecule has 4 rings (SSSR count). The van der Waals surface area contributed by atoms with E-state index in [0.717, 1.165) is 21.8 Å². The van der Waals surface area contributed by atoms with Gasteiger partial charge in [-0.1, -0.05) is 0 Å². The molecule has 4 aromatic rings. The highest BCUT2D eigenvalue weighted by atomic mass is 16.2. The number of nitrogens with zero attached hydrogens (tertiary/aromatic N) is 1. The predicted octanol–water partition coefficient (Wildman–Crippen LogP) is 1.49. The molecule has 0 radical (unpaired) electrons. The van der Waals surface area contributed by atoms with E-state index in [1.807, 2.05) is 6.07 Å². The molecule has 0 bridgehead atoms. The Kier molecular flexibility index (Phi) is 5.19. The zero-order valence-electron chi connectivity index (χ0n) is 16.5. The van der Waals surface area contributed by atoms with E-state index in [9.17, 15) is 9.59 Å². The fourth-order valence-corrected chi connectivity index (χ4v) is 3.25. The normalized spacial score (nSPS) is 10.8. The molecular weight excluding hydrogens is 396 g/mol. The summed E-state index contributed by atoms with van der Waals surface area (Å²) in [5.41, 5.74) is 20.0. The smallest absolute Gasteiger partial charge is 0.272 e. The van der Waals surface area contributed by atoms with E-state index < -0.39 is 0 Å². The predicted molar refractivity (Wildman–Crippen MR) is 122 cm³/mol. The minimum Gasteiger partial charge on any atom is -0.399 e. The molecule has 0 aliphatic rings. The topological polar surface area (TPSA) is 180 Å². The minimum absolute atomic E-state index is 0.0222. The van der Waals surface area contributed by atoms with E-state index >= 15 is 0 Å². The van der Waals surface area contributed by atoms with Crippen molar-refractivity contribution in [1.82, 2.24) is 15.3 Å². The van der Waals surface area contributed by atoms with Crippen LogP contribution in [0.4, 0.5) is 11.4 Å². The largest absolute Gasteiger partial charge is 0.399 e. The summed E-state index contributed by atoms with van der Waals surface area (Å²) in [4.78, 5) is 34.9. The van der Waals surface area contributed by atoms with Gasteiger partial charge < -0.3 is 37.8 Å². The number of rotatable bonds is 6. The van der Waals surface area contributed by atoms with Gasteiger partial charge in [0.15, 0.2) is 5.96 Å². The van der Waals surface area contributed by atoms with Crippen molar-refractivity contribution in [3.8, 4) is 0 Å². The highest BCUT2D eigenvalue weighted by molar-refractivity contribution is 6.07. The Hall–Kier alpha value is -4.47. The maximum Gasteiger partial charge on any atom is 0.272 e. The van der Waals surface area contributed by atoms with Crippen molar-refractivity contribution in [2.75, 3.05) is 24.1 Å². The average molecular weight is 418 g/mol. The second-order valence-corrected chi connectivity index (χ2v) is 7.03. The lowest BCUT2D eigenvalue weighted by molar-refractivity contribution is 0.0949. The van der Waals surface area contributed by atoms with Gasteiger partial charge in [0.05, 0.1) is 6.54 Å². The fourth-order valence-electron chi connectivity index (χ4n) is 3.25. The first-order valence-corrected chi connectivity index (χ1v) is 9.55. The lowest BCUT2D eigenvalue weighted by Crippen LogP contribution is -2.28. The van der Waals surface area contributed by atoms with Crippen LogP contribution < -0.4 is 27.8 Å². The van der Waals surface area contributed by atoms with Crippen molar-refractivity contribution >= 4 is 51.0 Å². The van der Waals surface area contributed by atoms with Crippen LogP contribution in [-0.2, 0) is 0 Å². The number of H-pyrrole nitrogens is 2. The Morgan fingerprint density at radius 1 is 0.871 bits per heavy atom. The fraction of sp³-hybridized carbons (Fsp3) is 0.0952. The molecule has 10 heteroatoms. The molecule has 2 aromatic carbocycles. The van der Waals surface area contributed by atoms with E-state index in [4.69, 9.17) is 17.2 Å². The maximum atomic E-state index is 12.6. The summed E-state index contributed by atoms with van der Waals surface area (Å²) in [6.45, 7) is 0.606. The molecule has 158 valence electrons. The summed E-state index contributed by atoms with van der Waals surface area (Å²) < 4.78 is 0. The lowest BCUT2D eigenvalue weighted by atomic mass is 10.2. The maximum absolute atomic E-state index is 12.6. The molecule has 0 saturated carbocycles. The molecule has 2 amide bonds. The quantitative estimate of drug-likeness (QED) is 0.108. The van der Waals surface area contributed by atoms with Crippen LogP contribution in [0.5, 0.6) is 0 Å². The molecule has 0 saturated heterocycles. The van der Waals surface area contributed by atoms with E-state index in [0.29, 0.717) is 35.9 Å². The Balaban J connectivity index is 1.46. The zero-order valence-corrected chi connectivity index (χ0v) is 16.5. The van der Waals surface area contributed by atoms with Crippen LogP contribution in [0, 0.1) is 0 Å². The summed E-state index contributed by atoms with van der Waals surface area (Å²) in [5.74, 6) is -0.571. The number of benzene rings is 2. The monoisotopic (exact) mass is 418 g/mol. The van der Waals surface area contributed by atoms with Gasteiger partial charge in [0.25, 0.3) is 11.8 Å².